The number of hydrogen-bond donors (Lipinski definition) is 2. The molecule has 1 aromatic carbocycles. The van der Waals surface area contributed by atoms with Crippen LogP contribution in [0, 0.1) is 0 Å². The molecule has 2 rings (SSSR count). The molecule has 2 N–H and O–H groups in total. The first kappa shape index (κ1) is 14.3. The number of fused-ring (bicyclic) bond motifs is 1. The van der Waals surface area contributed by atoms with Gasteiger partial charge in [0.2, 0.25) is 0 Å². The molecular weight excluding hydrogens is 262 g/mol. The molecule has 0 aliphatic carbocycles. The van der Waals surface area contributed by atoms with Gasteiger partial charge >= 0.3 is 10.2 Å². The zero-order valence-electron chi connectivity index (χ0n) is 11.4. The summed E-state index contributed by atoms with van der Waals surface area (Å²) in [7, 11) is -3.44. The average molecular weight is 283 g/mol. The van der Waals surface area contributed by atoms with Gasteiger partial charge in [-0.25, -0.2) is 0 Å². The van der Waals surface area contributed by atoms with Crippen LogP contribution in [0.15, 0.2) is 18.2 Å². The molecule has 1 aromatic rings. The van der Waals surface area contributed by atoms with Gasteiger partial charge in [-0.1, -0.05) is 19.9 Å². The maximum Gasteiger partial charge on any atom is 0.301 e. The first-order chi connectivity index (χ1) is 9.06. The Morgan fingerprint density at radius 1 is 1.26 bits per heavy atom. The fourth-order valence-electron chi connectivity index (χ4n) is 2.32. The molecule has 0 aromatic heterocycles. The van der Waals surface area contributed by atoms with E-state index in [-0.39, 0.29) is 0 Å². The monoisotopic (exact) mass is 283 g/mol. The minimum Gasteiger partial charge on any atom is -0.312 e. The number of nitrogens with zero attached hydrogens (tertiary/aromatic N) is 1. The smallest absolute Gasteiger partial charge is 0.301 e. The van der Waals surface area contributed by atoms with Crippen LogP contribution in [0.25, 0.3) is 0 Å². The maximum absolute atomic E-state index is 12.1. The molecule has 0 bridgehead atoms. The van der Waals surface area contributed by atoms with Crippen LogP contribution in [0.3, 0.4) is 0 Å². The Kier molecular flexibility index (Phi) is 4.44. The molecule has 106 valence electrons. The third-order valence-electron chi connectivity index (χ3n) is 3.38. The van der Waals surface area contributed by atoms with Crippen molar-refractivity contribution in [1.82, 2.24) is 9.62 Å². The molecule has 0 radical (unpaired) electrons. The standard InChI is InChI=1S/C13H21N3O2S/c1-3-16(4-2)19(17,18)15-13-6-5-11-7-8-14-10-12(11)9-13/h5-6,9,14-15H,3-4,7-8,10H2,1-2H3. The van der Waals surface area contributed by atoms with Gasteiger partial charge in [0.15, 0.2) is 0 Å². The Morgan fingerprint density at radius 3 is 2.68 bits per heavy atom. The highest BCUT2D eigenvalue weighted by molar-refractivity contribution is 7.90. The normalized spacial score (nSPS) is 15.3. The highest BCUT2D eigenvalue weighted by Gasteiger charge is 2.19. The van der Waals surface area contributed by atoms with Crippen LogP contribution in [-0.2, 0) is 23.2 Å². The van der Waals surface area contributed by atoms with Crippen molar-refractivity contribution in [3.05, 3.63) is 29.3 Å². The van der Waals surface area contributed by atoms with E-state index >= 15 is 0 Å². The van der Waals surface area contributed by atoms with E-state index in [9.17, 15) is 8.42 Å². The van der Waals surface area contributed by atoms with Crippen LogP contribution in [0.5, 0.6) is 0 Å². The molecular formula is C13H21N3O2S. The average Bonchev–Trinajstić information content (AvgIpc) is 2.39. The fourth-order valence-corrected chi connectivity index (χ4v) is 3.55. The van der Waals surface area contributed by atoms with Gasteiger partial charge < -0.3 is 5.32 Å². The van der Waals surface area contributed by atoms with E-state index < -0.39 is 10.2 Å². The van der Waals surface area contributed by atoms with Crippen LogP contribution in [0.1, 0.15) is 25.0 Å². The van der Waals surface area contributed by atoms with Gasteiger partial charge in [-0.15, -0.1) is 0 Å². The van der Waals surface area contributed by atoms with Crippen molar-refractivity contribution < 1.29 is 8.42 Å². The van der Waals surface area contributed by atoms with E-state index in [2.05, 4.69) is 10.0 Å². The SMILES string of the molecule is CCN(CC)S(=O)(=O)Nc1ccc2c(c1)CNCC2. The van der Waals surface area contributed by atoms with Crippen LogP contribution in [-0.4, -0.2) is 32.4 Å². The number of anilines is 1. The molecule has 0 saturated carbocycles. The Hall–Kier alpha value is -1.11. The quantitative estimate of drug-likeness (QED) is 0.857. The molecule has 0 unspecified atom stereocenters. The van der Waals surface area contributed by atoms with Crippen LogP contribution in [0.2, 0.25) is 0 Å². The molecule has 0 amide bonds. The van der Waals surface area contributed by atoms with Gasteiger partial charge in [-0.2, -0.15) is 12.7 Å². The molecule has 0 fully saturated rings. The fraction of sp³-hybridized carbons (Fsp3) is 0.538. The van der Waals surface area contributed by atoms with Crippen LogP contribution < -0.4 is 10.0 Å². The van der Waals surface area contributed by atoms with Gasteiger partial charge in [0.05, 0.1) is 5.69 Å². The lowest BCUT2D eigenvalue weighted by atomic mass is 10.0. The van der Waals surface area contributed by atoms with Gasteiger partial charge in [-0.3, -0.25) is 4.72 Å². The third kappa shape index (κ3) is 3.26. The molecule has 1 aliphatic rings. The summed E-state index contributed by atoms with van der Waals surface area (Å²) in [6.45, 7) is 6.39. The van der Waals surface area contributed by atoms with Crippen molar-refractivity contribution >= 4 is 15.9 Å². The second-order valence-electron chi connectivity index (χ2n) is 4.60. The summed E-state index contributed by atoms with van der Waals surface area (Å²) in [5, 5.41) is 3.29. The summed E-state index contributed by atoms with van der Waals surface area (Å²) < 4.78 is 28.3. The molecule has 1 heterocycles. The van der Waals surface area contributed by atoms with Crippen molar-refractivity contribution in [2.24, 2.45) is 0 Å². The first-order valence-corrected chi connectivity index (χ1v) is 8.11. The molecule has 5 nitrogen and oxygen atoms in total. The Morgan fingerprint density at radius 2 is 2.00 bits per heavy atom. The second-order valence-corrected chi connectivity index (χ2v) is 6.27. The number of rotatable bonds is 5. The predicted molar refractivity (Wildman–Crippen MR) is 77.3 cm³/mol. The molecule has 0 atom stereocenters. The van der Waals surface area contributed by atoms with Gasteiger partial charge in [0.25, 0.3) is 0 Å². The summed E-state index contributed by atoms with van der Waals surface area (Å²) in [4.78, 5) is 0. The van der Waals surface area contributed by atoms with Crippen molar-refractivity contribution in [3.8, 4) is 0 Å². The predicted octanol–water partition coefficient (Wildman–Crippen LogP) is 1.33. The van der Waals surface area contributed by atoms with E-state index in [0.29, 0.717) is 18.8 Å². The van der Waals surface area contributed by atoms with E-state index in [1.165, 1.54) is 15.4 Å². The third-order valence-corrected chi connectivity index (χ3v) is 5.07. The number of hydrogen-bond acceptors (Lipinski definition) is 3. The summed E-state index contributed by atoms with van der Waals surface area (Å²) >= 11 is 0. The van der Waals surface area contributed by atoms with Crippen molar-refractivity contribution in [2.45, 2.75) is 26.8 Å². The lowest BCUT2D eigenvalue weighted by Crippen LogP contribution is -2.35. The minimum atomic E-state index is -3.44. The Bertz CT molecular complexity index is 539. The molecule has 0 spiro atoms. The highest BCUT2D eigenvalue weighted by atomic mass is 32.2. The molecule has 19 heavy (non-hydrogen) atoms. The summed E-state index contributed by atoms with van der Waals surface area (Å²) in [5.74, 6) is 0. The second kappa shape index (κ2) is 5.90. The Labute approximate surface area is 115 Å². The van der Waals surface area contributed by atoms with Gasteiger partial charge in [0, 0.05) is 19.6 Å². The van der Waals surface area contributed by atoms with Gasteiger partial charge in [0.1, 0.15) is 0 Å². The lowest BCUT2D eigenvalue weighted by molar-refractivity contribution is 0.449. The molecule has 0 saturated heterocycles. The zero-order chi connectivity index (χ0) is 13.9. The number of nitrogens with one attached hydrogen (secondary N) is 2. The maximum atomic E-state index is 12.1. The summed E-state index contributed by atoms with van der Waals surface area (Å²) in [6.07, 6.45) is 0.998. The van der Waals surface area contributed by atoms with Crippen molar-refractivity contribution in [3.63, 3.8) is 0 Å². The van der Waals surface area contributed by atoms with E-state index in [4.69, 9.17) is 0 Å². The van der Waals surface area contributed by atoms with Crippen LogP contribution >= 0.6 is 0 Å². The first-order valence-electron chi connectivity index (χ1n) is 6.67. The van der Waals surface area contributed by atoms with E-state index in [1.54, 1.807) is 0 Å². The van der Waals surface area contributed by atoms with E-state index in [0.717, 1.165) is 19.5 Å². The highest BCUT2D eigenvalue weighted by Crippen LogP contribution is 2.20. The number of benzene rings is 1. The van der Waals surface area contributed by atoms with Gasteiger partial charge in [-0.05, 0) is 36.2 Å². The van der Waals surface area contributed by atoms with Crippen LogP contribution in [0.4, 0.5) is 5.69 Å². The largest absolute Gasteiger partial charge is 0.312 e. The summed E-state index contributed by atoms with van der Waals surface area (Å²) in [5.41, 5.74) is 3.10. The topological polar surface area (TPSA) is 61.4 Å². The van der Waals surface area contributed by atoms with E-state index in [1.807, 2.05) is 32.0 Å². The lowest BCUT2D eigenvalue weighted by Gasteiger charge is -2.21. The van der Waals surface area contributed by atoms with Crippen molar-refractivity contribution in [2.75, 3.05) is 24.4 Å². The Balaban J connectivity index is 2.19. The molecule has 6 heteroatoms. The molecule has 1 aliphatic heterocycles. The minimum absolute atomic E-state index is 0.471. The van der Waals surface area contributed by atoms with Crippen molar-refractivity contribution in [1.29, 1.82) is 0 Å². The summed E-state index contributed by atoms with van der Waals surface area (Å²) in [6, 6.07) is 5.77. The zero-order valence-corrected chi connectivity index (χ0v) is 12.3.